The molecule has 0 bridgehead atoms. The summed E-state index contributed by atoms with van der Waals surface area (Å²) in [7, 11) is -1.55. The number of hydrogen-bond donors (Lipinski definition) is 0. The Balaban J connectivity index is 2.06. The molecule has 102 valence electrons. The summed E-state index contributed by atoms with van der Waals surface area (Å²) in [6.45, 7) is 2.31. The van der Waals surface area contributed by atoms with E-state index in [0.717, 1.165) is 0 Å². The maximum atomic E-state index is 4.67. The van der Waals surface area contributed by atoms with Gasteiger partial charge in [0.2, 0.25) is 0 Å². The first-order valence-electron chi connectivity index (χ1n) is 7.48. The normalized spacial score (nSPS) is 18.1. The molecule has 1 aliphatic heterocycles. The minimum atomic E-state index is -1.55. The van der Waals surface area contributed by atoms with Crippen molar-refractivity contribution in [2.75, 3.05) is 0 Å². The van der Waals surface area contributed by atoms with Crippen LogP contribution < -0.4 is 5.19 Å². The molecule has 1 aromatic heterocycles. The highest BCUT2D eigenvalue weighted by atomic mass is 28.3. The zero-order chi connectivity index (χ0) is 13.8. The number of allylic oxidation sites excluding steroid dienone is 2. The van der Waals surface area contributed by atoms with Gasteiger partial charge in [-0.15, -0.1) is 0 Å². The Hall–Kier alpha value is -1.67. The lowest BCUT2D eigenvalue weighted by atomic mass is 10.2. The van der Waals surface area contributed by atoms with E-state index in [1.165, 1.54) is 24.2 Å². The van der Waals surface area contributed by atoms with Crippen molar-refractivity contribution >= 4 is 13.3 Å². The molecule has 0 saturated heterocycles. The van der Waals surface area contributed by atoms with Gasteiger partial charge < -0.3 is 0 Å². The van der Waals surface area contributed by atoms with Crippen molar-refractivity contribution in [3.8, 4) is 0 Å². The minimum Gasteiger partial charge on any atom is -0.261 e. The van der Waals surface area contributed by atoms with Crippen LogP contribution in [0, 0.1) is 0 Å². The predicted octanol–water partition coefficient (Wildman–Crippen LogP) is 4.04. The maximum absolute atomic E-state index is 4.67. The molecule has 0 radical (unpaired) electrons. The average Bonchev–Trinajstić information content (AvgIpc) is 3.01. The number of pyridine rings is 1. The summed E-state index contributed by atoms with van der Waals surface area (Å²) in [6.07, 6.45) is 7.91. The van der Waals surface area contributed by atoms with Gasteiger partial charge in [0.05, 0.1) is 0 Å². The number of rotatable bonds is 4. The van der Waals surface area contributed by atoms with E-state index < -0.39 is 8.07 Å². The number of aromatic nitrogens is 1. The first-order valence-corrected chi connectivity index (χ1v) is 9.97. The van der Waals surface area contributed by atoms with E-state index >= 15 is 0 Å². The van der Waals surface area contributed by atoms with Crippen molar-refractivity contribution < 1.29 is 0 Å². The van der Waals surface area contributed by atoms with Crippen LogP contribution in [0.2, 0.25) is 12.1 Å². The topological polar surface area (TPSA) is 12.9 Å². The zero-order valence-corrected chi connectivity index (χ0v) is 13.0. The molecule has 1 atom stereocenters. The van der Waals surface area contributed by atoms with Crippen LogP contribution >= 0.6 is 0 Å². The number of nitrogens with zero attached hydrogens (tertiary/aromatic N) is 1. The van der Waals surface area contributed by atoms with Crippen molar-refractivity contribution in [2.45, 2.75) is 31.0 Å². The third kappa shape index (κ3) is 2.25. The quantitative estimate of drug-likeness (QED) is 0.608. The molecule has 1 nitrogen and oxygen atoms in total. The largest absolute Gasteiger partial charge is 0.261 e. The average molecular weight is 279 g/mol. The highest BCUT2D eigenvalue weighted by Crippen LogP contribution is 2.38. The van der Waals surface area contributed by atoms with Gasteiger partial charge in [0.25, 0.3) is 0 Å². The van der Waals surface area contributed by atoms with Crippen LogP contribution in [0.25, 0.3) is 0 Å². The van der Waals surface area contributed by atoms with Gasteiger partial charge >= 0.3 is 0 Å². The molecule has 2 aromatic rings. The van der Waals surface area contributed by atoms with Crippen LogP contribution in [0.3, 0.4) is 0 Å². The van der Waals surface area contributed by atoms with Gasteiger partial charge in [-0.3, -0.25) is 4.98 Å². The number of benzene rings is 1. The van der Waals surface area contributed by atoms with Crippen LogP contribution in [0.15, 0.2) is 66.9 Å². The van der Waals surface area contributed by atoms with Crippen LogP contribution in [0.4, 0.5) is 0 Å². The van der Waals surface area contributed by atoms with E-state index in [0.29, 0.717) is 5.54 Å². The summed E-state index contributed by atoms with van der Waals surface area (Å²) >= 11 is 0. The Labute approximate surface area is 122 Å². The molecule has 3 rings (SSSR count). The summed E-state index contributed by atoms with van der Waals surface area (Å²) in [5.74, 6) is 0. The minimum absolute atomic E-state index is 0.612. The first kappa shape index (κ1) is 13.3. The van der Waals surface area contributed by atoms with E-state index in [1.54, 1.807) is 5.19 Å². The Morgan fingerprint density at radius 1 is 1.00 bits per heavy atom. The highest BCUT2D eigenvalue weighted by Gasteiger charge is 2.43. The lowest BCUT2D eigenvalue weighted by Crippen LogP contribution is -2.51. The molecule has 0 amide bonds. The second-order valence-electron chi connectivity index (χ2n) is 5.62. The van der Waals surface area contributed by atoms with Crippen LogP contribution in [0.1, 0.15) is 24.6 Å². The van der Waals surface area contributed by atoms with Crippen molar-refractivity contribution in [3.05, 3.63) is 72.6 Å². The van der Waals surface area contributed by atoms with Gasteiger partial charge in [-0.05, 0) is 30.6 Å². The summed E-state index contributed by atoms with van der Waals surface area (Å²) < 4.78 is 0. The molecule has 1 aromatic carbocycles. The van der Waals surface area contributed by atoms with E-state index in [9.17, 15) is 0 Å². The van der Waals surface area contributed by atoms with E-state index in [-0.39, 0.29) is 0 Å². The second-order valence-corrected chi connectivity index (χ2v) is 10.0. The molecule has 0 aliphatic carbocycles. The standard InChI is InChI=1S/C18H21NSi/c1-2-18(17-12-6-7-13-19-17)20(14-8-9-15-20)16-10-4-3-5-11-16/h3-13,18H,2,14-15H2,1H3. The van der Waals surface area contributed by atoms with Crippen molar-refractivity contribution in [1.29, 1.82) is 0 Å². The van der Waals surface area contributed by atoms with E-state index in [2.05, 4.69) is 66.5 Å². The smallest absolute Gasteiger partial charge is 0.103 e. The summed E-state index contributed by atoms with van der Waals surface area (Å²) in [6, 6.07) is 20.0. The van der Waals surface area contributed by atoms with Crippen molar-refractivity contribution in [2.24, 2.45) is 0 Å². The van der Waals surface area contributed by atoms with Crippen LogP contribution in [-0.2, 0) is 0 Å². The zero-order valence-electron chi connectivity index (χ0n) is 12.0. The number of hydrogen-bond acceptors (Lipinski definition) is 1. The predicted molar refractivity (Wildman–Crippen MR) is 87.9 cm³/mol. The van der Waals surface area contributed by atoms with Gasteiger partial charge in [0.15, 0.2) is 0 Å². The Bertz CT molecular complexity index is 569. The Kier molecular flexibility index (Phi) is 3.83. The molecule has 20 heavy (non-hydrogen) atoms. The van der Waals surface area contributed by atoms with Crippen LogP contribution in [0.5, 0.6) is 0 Å². The molecule has 2 heterocycles. The summed E-state index contributed by atoms with van der Waals surface area (Å²) in [4.78, 5) is 4.67. The molecule has 2 heteroatoms. The second kappa shape index (κ2) is 5.76. The fraction of sp³-hybridized carbons (Fsp3) is 0.278. The first-order chi connectivity index (χ1) is 9.87. The molecule has 0 saturated carbocycles. The monoisotopic (exact) mass is 279 g/mol. The van der Waals surface area contributed by atoms with E-state index in [1.807, 2.05) is 12.3 Å². The van der Waals surface area contributed by atoms with Crippen molar-refractivity contribution in [1.82, 2.24) is 4.98 Å². The molecular formula is C18H21NSi. The summed E-state index contributed by atoms with van der Waals surface area (Å²) in [5, 5.41) is 1.59. The molecule has 0 N–H and O–H groups in total. The molecule has 0 spiro atoms. The fourth-order valence-corrected chi connectivity index (χ4v) is 8.79. The molecule has 0 fully saturated rings. The van der Waals surface area contributed by atoms with Gasteiger partial charge in [0, 0.05) is 17.4 Å². The van der Waals surface area contributed by atoms with Gasteiger partial charge in [-0.1, -0.05) is 60.7 Å². The highest BCUT2D eigenvalue weighted by molar-refractivity contribution is 6.94. The lowest BCUT2D eigenvalue weighted by molar-refractivity contribution is 0.811. The molecular weight excluding hydrogens is 258 g/mol. The molecule has 1 aliphatic rings. The van der Waals surface area contributed by atoms with Gasteiger partial charge in [-0.2, -0.15) is 0 Å². The fourth-order valence-electron chi connectivity index (χ4n) is 3.63. The SMILES string of the molecule is CCC(c1ccccn1)[Si]1(c2ccccc2)CC=CC1. The third-order valence-electron chi connectivity index (χ3n) is 4.60. The Morgan fingerprint density at radius 2 is 1.70 bits per heavy atom. The molecule has 1 unspecified atom stereocenters. The van der Waals surface area contributed by atoms with E-state index in [4.69, 9.17) is 0 Å². The van der Waals surface area contributed by atoms with Crippen molar-refractivity contribution in [3.63, 3.8) is 0 Å². The summed E-state index contributed by atoms with van der Waals surface area (Å²) in [5.41, 5.74) is 1.90. The van der Waals surface area contributed by atoms with Crippen LogP contribution in [-0.4, -0.2) is 13.1 Å². The lowest BCUT2D eigenvalue weighted by Gasteiger charge is -2.35. The maximum Gasteiger partial charge on any atom is 0.103 e. The Morgan fingerprint density at radius 3 is 2.30 bits per heavy atom. The third-order valence-corrected chi connectivity index (χ3v) is 10.0. The van der Waals surface area contributed by atoms with Gasteiger partial charge in [0.1, 0.15) is 8.07 Å². The van der Waals surface area contributed by atoms with Gasteiger partial charge in [-0.25, -0.2) is 0 Å².